The number of β-amino-alcohol motifs (C(OH)–C–C–N with tert-alkyl or cyclic N) is 1. The largest absolute Gasteiger partial charge is 0.395 e. The maximum absolute atomic E-state index is 8.88. The monoisotopic (exact) mass is 227 g/mol. The van der Waals surface area contributed by atoms with Gasteiger partial charge in [-0.15, -0.1) is 0 Å². The molecule has 0 saturated carbocycles. The van der Waals surface area contributed by atoms with Crippen LogP contribution in [0.1, 0.15) is 6.42 Å². The van der Waals surface area contributed by atoms with Crippen LogP contribution in [0.4, 0.5) is 12.0 Å². The molecule has 0 bridgehead atoms. The minimum Gasteiger partial charge on any atom is -0.395 e. The van der Waals surface area contributed by atoms with Crippen molar-refractivity contribution in [2.24, 2.45) is 0 Å². The minimum atomic E-state index is 0.103. The highest BCUT2D eigenvalue weighted by atomic mass is 16.4. The zero-order valence-electron chi connectivity index (χ0n) is 9.17. The molecule has 16 heavy (non-hydrogen) atoms. The second-order valence-corrected chi connectivity index (χ2v) is 3.83. The fourth-order valence-electron chi connectivity index (χ4n) is 1.88. The average Bonchev–Trinajstić information content (AvgIpc) is 2.57. The number of nitrogens with two attached hydrogens (primary N) is 1. The van der Waals surface area contributed by atoms with Gasteiger partial charge in [0, 0.05) is 26.2 Å². The van der Waals surface area contributed by atoms with Crippen LogP contribution in [0.25, 0.3) is 0 Å². The van der Waals surface area contributed by atoms with E-state index < -0.39 is 0 Å². The van der Waals surface area contributed by atoms with Crippen LogP contribution in [0.3, 0.4) is 0 Å². The van der Waals surface area contributed by atoms with Crippen molar-refractivity contribution in [3.63, 3.8) is 0 Å². The van der Waals surface area contributed by atoms with E-state index >= 15 is 0 Å². The number of aliphatic hydroxyl groups is 1. The molecule has 1 fully saturated rings. The maximum atomic E-state index is 8.88. The van der Waals surface area contributed by atoms with Gasteiger partial charge in [-0.1, -0.05) is 10.2 Å². The molecule has 1 aliphatic heterocycles. The van der Waals surface area contributed by atoms with Gasteiger partial charge >= 0.3 is 12.0 Å². The Morgan fingerprint density at radius 1 is 1.25 bits per heavy atom. The highest BCUT2D eigenvalue weighted by Gasteiger charge is 2.18. The van der Waals surface area contributed by atoms with Crippen LogP contribution >= 0.6 is 0 Å². The fourth-order valence-corrected chi connectivity index (χ4v) is 1.88. The molecule has 90 valence electrons. The lowest BCUT2D eigenvalue weighted by atomic mass is 10.4. The Kier molecular flexibility index (Phi) is 3.58. The summed E-state index contributed by atoms with van der Waals surface area (Å²) < 4.78 is 5.19. The lowest BCUT2D eigenvalue weighted by Crippen LogP contribution is -2.32. The van der Waals surface area contributed by atoms with Gasteiger partial charge in [0.1, 0.15) is 0 Å². The normalized spacial score (nSPS) is 18.7. The molecular formula is C9H17N5O2. The topological polar surface area (TPSA) is 91.7 Å². The van der Waals surface area contributed by atoms with Crippen LogP contribution in [-0.4, -0.2) is 59.5 Å². The molecule has 0 unspecified atom stereocenters. The predicted octanol–water partition coefficient (Wildman–Crippen LogP) is -0.844. The summed E-state index contributed by atoms with van der Waals surface area (Å²) in [5, 5.41) is 16.4. The summed E-state index contributed by atoms with van der Waals surface area (Å²) >= 11 is 0. The molecule has 0 aromatic carbocycles. The maximum Gasteiger partial charge on any atom is 0.319 e. The van der Waals surface area contributed by atoms with Gasteiger partial charge in [0.15, 0.2) is 0 Å². The number of aromatic nitrogens is 2. The summed E-state index contributed by atoms with van der Waals surface area (Å²) in [4.78, 5) is 4.25. The second kappa shape index (κ2) is 5.13. The van der Waals surface area contributed by atoms with Crippen molar-refractivity contribution in [1.82, 2.24) is 15.1 Å². The van der Waals surface area contributed by atoms with E-state index in [1.165, 1.54) is 0 Å². The molecule has 2 heterocycles. The van der Waals surface area contributed by atoms with Gasteiger partial charge in [0.05, 0.1) is 6.61 Å². The zero-order chi connectivity index (χ0) is 11.4. The Morgan fingerprint density at radius 3 is 2.81 bits per heavy atom. The SMILES string of the molecule is Nc1nnc(N2CCCN(CCO)CC2)o1. The summed E-state index contributed by atoms with van der Waals surface area (Å²) in [6.45, 7) is 4.50. The highest BCUT2D eigenvalue weighted by molar-refractivity contribution is 5.27. The van der Waals surface area contributed by atoms with Gasteiger partial charge in [0.25, 0.3) is 0 Å². The van der Waals surface area contributed by atoms with E-state index in [2.05, 4.69) is 15.1 Å². The fraction of sp³-hybridized carbons (Fsp3) is 0.778. The van der Waals surface area contributed by atoms with E-state index in [0.717, 1.165) is 39.1 Å². The molecule has 0 aliphatic carbocycles. The van der Waals surface area contributed by atoms with Crippen LogP contribution in [0.15, 0.2) is 4.42 Å². The lowest BCUT2D eigenvalue weighted by molar-refractivity contribution is 0.204. The predicted molar refractivity (Wildman–Crippen MR) is 59.1 cm³/mol. The average molecular weight is 227 g/mol. The molecule has 2 rings (SSSR count). The third kappa shape index (κ3) is 2.61. The van der Waals surface area contributed by atoms with Crippen molar-refractivity contribution in [2.75, 3.05) is 50.0 Å². The molecule has 1 saturated heterocycles. The first-order valence-corrected chi connectivity index (χ1v) is 5.47. The molecule has 0 spiro atoms. The van der Waals surface area contributed by atoms with Crippen molar-refractivity contribution in [1.29, 1.82) is 0 Å². The number of rotatable bonds is 3. The van der Waals surface area contributed by atoms with Crippen LogP contribution in [0.2, 0.25) is 0 Å². The summed E-state index contributed by atoms with van der Waals surface area (Å²) in [6.07, 6.45) is 1.02. The van der Waals surface area contributed by atoms with Crippen LogP contribution in [0.5, 0.6) is 0 Å². The molecule has 7 heteroatoms. The molecule has 1 aromatic heterocycles. The summed E-state index contributed by atoms with van der Waals surface area (Å²) in [5.74, 6) is 0. The van der Waals surface area contributed by atoms with Crippen LogP contribution in [0, 0.1) is 0 Å². The Balaban J connectivity index is 1.93. The first-order chi connectivity index (χ1) is 7.79. The van der Waals surface area contributed by atoms with Gasteiger partial charge < -0.3 is 20.2 Å². The molecule has 0 radical (unpaired) electrons. The summed E-state index contributed by atoms with van der Waals surface area (Å²) in [7, 11) is 0. The Hall–Kier alpha value is -1.34. The van der Waals surface area contributed by atoms with Gasteiger partial charge in [0.2, 0.25) is 0 Å². The molecule has 1 aromatic rings. The number of nitrogen functional groups attached to an aromatic ring is 1. The number of hydrogen-bond donors (Lipinski definition) is 2. The van der Waals surface area contributed by atoms with Crippen LogP contribution in [-0.2, 0) is 0 Å². The van der Waals surface area contributed by atoms with Crippen LogP contribution < -0.4 is 10.6 Å². The Morgan fingerprint density at radius 2 is 2.12 bits per heavy atom. The van der Waals surface area contributed by atoms with E-state index in [9.17, 15) is 0 Å². The zero-order valence-corrected chi connectivity index (χ0v) is 9.17. The third-order valence-corrected chi connectivity index (χ3v) is 2.71. The number of aliphatic hydroxyl groups excluding tert-OH is 1. The second-order valence-electron chi connectivity index (χ2n) is 3.83. The third-order valence-electron chi connectivity index (χ3n) is 2.71. The first kappa shape index (κ1) is 11.2. The van der Waals surface area contributed by atoms with E-state index in [1.54, 1.807) is 0 Å². The molecule has 3 N–H and O–H groups in total. The van der Waals surface area contributed by atoms with Gasteiger partial charge in [-0.25, -0.2) is 0 Å². The van der Waals surface area contributed by atoms with Crippen molar-refractivity contribution in [2.45, 2.75) is 6.42 Å². The van der Waals surface area contributed by atoms with Crippen molar-refractivity contribution in [3.8, 4) is 0 Å². The Bertz CT molecular complexity index is 329. The quantitative estimate of drug-likeness (QED) is 0.695. The van der Waals surface area contributed by atoms with Crippen molar-refractivity contribution >= 4 is 12.0 Å². The lowest BCUT2D eigenvalue weighted by Gasteiger charge is -2.19. The van der Waals surface area contributed by atoms with Gasteiger partial charge in [-0.05, 0) is 13.0 Å². The molecule has 7 nitrogen and oxygen atoms in total. The standard InChI is InChI=1S/C9H17N5O2/c10-8-11-12-9(16-8)14-3-1-2-13(4-5-14)6-7-15/h15H,1-7H2,(H2,10,11). The summed E-state index contributed by atoms with van der Waals surface area (Å²) in [6, 6.07) is 0.592. The first-order valence-electron chi connectivity index (χ1n) is 5.47. The van der Waals surface area contributed by atoms with E-state index in [1.807, 2.05) is 4.90 Å². The van der Waals surface area contributed by atoms with Gasteiger partial charge in [-0.2, -0.15) is 0 Å². The Labute approximate surface area is 93.8 Å². The van der Waals surface area contributed by atoms with E-state index in [0.29, 0.717) is 6.01 Å². The number of anilines is 2. The van der Waals surface area contributed by atoms with Crippen molar-refractivity contribution in [3.05, 3.63) is 0 Å². The molecule has 1 aliphatic rings. The summed E-state index contributed by atoms with van der Waals surface area (Å²) in [5.41, 5.74) is 5.39. The molecule has 0 amide bonds. The molecule has 0 atom stereocenters. The highest BCUT2D eigenvalue weighted by Crippen LogP contribution is 2.15. The number of hydrogen-bond acceptors (Lipinski definition) is 7. The van der Waals surface area contributed by atoms with E-state index in [4.69, 9.17) is 15.3 Å². The smallest absolute Gasteiger partial charge is 0.319 e. The molecular weight excluding hydrogens is 210 g/mol. The van der Waals surface area contributed by atoms with E-state index in [-0.39, 0.29) is 12.6 Å². The minimum absolute atomic E-state index is 0.103. The number of nitrogens with zero attached hydrogens (tertiary/aromatic N) is 4. The van der Waals surface area contributed by atoms with Gasteiger partial charge in [-0.3, -0.25) is 4.90 Å². The van der Waals surface area contributed by atoms with Crippen molar-refractivity contribution < 1.29 is 9.52 Å².